The van der Waals surface area contributed by atoms with Crippen molar-refractivity contribution < 1.29 is 5.11 Å². The van der Waals surface area contributed by atoms with Gasteiger partial charge in [0.25, 0.3) is 0 Å². The van der Waals surface area contributed by atoms with Crippen molar-refractivity contribution >= 4 is 28.6 Å². The maximum absolute atomic E-state index is 10.7. The van der Waals surface area contributed by atoms with Gasteiger partial charge in [0.2, 0.25) is 0 Å². The summed E-state index contributed by atoms with van der Waals surface area (Å²) in [4.78, 5) is 2.38. The second-order valence-corrected chi connectivity index (χ2v) is 7.69. The summed E-state index contributed by atoms with van der Waals surface area (Å²) in [5, 5.41) is 26.5. The number of hydrogen-bond acceptors (Lipinski definition) is 6. The number of aromatic nitrogens is 4. The van der Waals surface area contributed by atoms with Crippen LogP contribution in [-0.2, 0) is 7.05 Å². The van der Waals surface area contributed by atoms with E-state index in [1.54, 1.807) is 22.4 Å². The van der Waals surface area contributed by atoms with Gasteiger partial charge in [0.1, 0.15) is 5.82 Å². The molecule has 0 aliphatic carbocycles. The fourth-order valence-corrected chi connectivity index (χ4v) is 4.35. The first-order valence-electron chi connectivity index (χ1n) is 9.21. The van der Waals surface area contributed by atoms with Crippen LogP contribution in [0.1, 0.15) is 24.8 Å². The van der Waals surface area contributed by atoms with E-state index in [2.05, 4.69) is 26.7 Å². The summed E-state index contributed by atoms with van der Waals surface area (Å²) in [5.41, 5.74) is 2.18. The van der Waals surface area contributed by atoms with Gasteiger partial charge in [-0.2, -0.15) is 5.10 Å². The second-order valence-electron chi connectivity index (χ2n) is 7.33. The summed E-state index contributed by atoms with van der Waals surface area (Å²) < 4.78 is 3.40. The van der Waals surface area contributed by atoms with Crippen LogP contribution in [-0.4, -0.2) is 49.7 Å². The number of nitrogens with zero attached hydrogens (tertiary/aromatic N) is 5. The Bertz CT molecular complexity index is 975. The van der Waals surface area contributed by atoms with Gasteiger partial charge in [0, 0.05) is 38.4 Å². The molecule has 142 valence electrons. The number of aryl methyl sites for hydroxylation is 1. The number of rotatable bonds is 4. The van der Waals surface area contributed by atoms with Crippen molar-refractivity contribution in [3.63, 3.8) is 0 Å². The number of piperidine rings is 2. The SMILES string of the molecule is Cn1cc(NC(O)c2ccc3ccc(N4C[C@@H]5CC[C@H]4CN5)nn23)c(Cl)n1. The summed E-state index contributed by atoms with van der Waals surface area (Å²) in [5.74, 6) is 0.947. The Morgan fingerprint density at radius 2 is 2.11 bits per heavy atom. The highest BCUT2D eigenvalue weighted by Crippen LogP contribution is 2.29. The van der Waals surface area contributed by atoms with E-state index in [0.717, 1.165) is 24.4 Å². The molecule has 2 bridgehead atoms. The first kappa shape index (κ1) is 16.9. The Hall–Kier alpha value is -2.29. The van der Waals surface area contributed by atoms with Crippen molar-refractivity contribution in [3.8, 4) is 0 Å². The number of halogens is 1. The summed E-state index contributed by atoms with van der Waals surface area (Å²) in [6, 6.07) is 8.96. The lowest BCUT2D eigenvalue weighted by Crippen LogP contribution is -2.61. The van der Waals surface area contributed by atoms with Crippen molar-refractivity contribution in [3.05, 3.63) is 41.3 Å². The van der Waals surface area contributed by atoms with Crippen LogP contribution in [0.25, 0.3) is 5.52 Å². The van der Waals surface area contributed by atoms with Crippen LogP contribution < -0.4 is 15.5 Å². The van der Waals surface area contributed by atoms with Crippen molar-refractivity contribution in [2.45, 2.75) is 31.2 Å². The molecule has 0 radical (unpaired) electrons. The number of piperazine rings is 1. The van der Waals surface area contributed by atoms with E-state index in [9.17, 15) is 5.11 Å². The summed E-state index contributed by atoms with van der Waals surface area (Å²) >= 11 is 6.09. The minimum absolute atomic E-state index is 0.322. The maximum Gasteiger partial charge on any atom is 0.174 e. The minimum Gasteiger partial charge on any atom is -0.368 e. The van der Waals surface area contributed by atoms with Gasteiger partial charge in [-0.1, -0.05) is 11.6 Å². The zero-order chi connectivity index (χ0) is 18.5. The Kier molecular flexibility index (Phi) is 3.99. The second kappa shape index (κ2) is 6.40. The standard InChI is InChI=1S/C18H22ClN7O/c1-24-10-14(17(19)23-24)21-18(27)15-6-4-12-5-7-16(22-26(12)15)25-9-11-2-3-13(25)8-20-11/h4-7,10-11,13,18,20-21,27H,2-3,8-9H2,1H3/t11-,13-,18?/m0/s1. The maximum atomic E-state index is 10.7. The molecule has 6 rings (SSSR count). The molecule has 3 atom stereocenters. The van der Waals surface area contributed by atoms with E-state index in [0.29, 0.717) is 28.6 Å². The van der Waals surface area contributed by atoms with E-state index in [1.165, 1.54) is 12.8 Å². The first-order chi connectivity index (χ1) is 13.1. The molecule has 3 aromatic rings. The van der Waals surface area contributed by atoms with Crippen LogP contribution in [0.4, 0.5) is 11.5 Å². The number of nitrogens with one attached hydrogen (secondary N) is 2. The average molecular weight is 388 g/mol. The lowest BCUT2D eigenvalue weighted by atomic mass is 9.93. The predicted molar refractivity (Wildman–Crippen MR) is 104 cm³/mol. The molecular weight excluding hydrogens is 366 g/mol. The van der Waals surface area contributed by atoms with Gasteiger partial charge < -0.3 is 20.6 Å². The summed E-state index contributed by atoms with van der Waals surface area (Å²) in [7, 11) is 1.78. The fraction of sp³-hybridized carbons (Fsp3) is 0.444. The molecule has 3 aliphatic rings. The normalized spacial score (nSPS) is 23.1. The lowest BCUT2D eigenvalue weighted by Gasteiger charge is -2.46. The largest absolute Gasteiger partial charge is 0.368 e. The van der Waals surface area contributed by atoms with Crippen molar-refractivity contribution in [1.29, 1.82) is 0 Å². The van der Waals surface area contributed by atoms with Crippen molar-refractivity contribution in [2.75, 3.05) is 23.3 Å². The van der Waals surface area contributed by atoms with E-state index < -0.39 is 6.23 Å². The number of hydrogen-bond donors (Lipinski definition) is 3. The van der Waals surface area contributed by atoms with Gasteiger partial charge in [0.15, 0.2) is 11.4 Å². The predicted octanol–water partition coefficient (Wildman–Crippen LogP) is 1.76. The van der Waals surface area contributed by atoms with Gasteiger partial charge in [-0.25, -0.2) is 4.52 Å². The van der Waals surface area contributed by atoms with E-state index in [4.69, 9.17) is 16.7 Å². The molecule has 6 heterocycles. The molecule has 1 unspecified atom stereocenters. The third-order valence-electron chi connectivity index (χ3n) is 5.52. The Labute approximate surface area is 161 Å². The summed E-state index contributed by atoms with van der Waals surface area (Å²) in [6.45, 7) is 1.98. The minimum atomic E-state index is -0.948. The number of anilines is 2. The molecular formula is C18H22ClN7O. The highest BCUT2D eigenvalue weighted by Gasteiger charge is 2.34. The zero-order valence-electron chi connectivity index (χ0n) is 15.0. The van der Waals surface area contributed by atoms with E-state index in [-0.39, 0.29) is 0 Å². The van der Waals surface area contributed by atoms with Crippen LogP contribution in [0.15, 0.2) is 30.5 Å². The van der Waals surface area contributed by atoms with Crippen LogP contribution >= 0.6 is 11.6 Å². The van der Waals surface area contributed by atoms with Gasteiger partial charge >= 0.3 is 0 Å². The Morgan fingerprint density at radius 1 is 1.26 bits per heavy atom. The molecule has 0 spiro atoms. The smallest absolute Gasteiger partial charge is 0.174 e. The van der Waals surface area contributed by atoms with Crippen molar-refractivity contribution in [1.82, 2.24) is 24.7 Å². The molecule has 3 N–H and O–H groups in total. The lowest BCUT2D eigenvalue weighted by molar-refractivity contribution is 0.201. The highest BCUT2D eigenvalue weighted by atomic mass is 35.5. The van der Waals surface area contributed by atoms with Gasteiger partial charge in [-0.15, -0.1) is 5.10 Å². The first-order valence-corrected chi connectivity index (χ1v) is 9.59. The average Bonchev–Trinajstić information content (AvgIpc) is 3.24. The van der Waals surface area contributed by atoms with Crippen LogP contribution in [0, 0.1) is 0 Å². The third-order valence-corrected chi connectivity index (χ3v) is 5.80. The van der Waals surface area contributed by atoms with Crippen molar-refractivity contribution in [2.24, 2.45) is 7.05 Å². The Morgan fingerprint density at radius 3 is 2.78 bits per heavy atom. The zero-order valence-corrected chi connectivity index (χ0v) is 15.8. The van der Waals surface area contributed by atoms with Gasteiger partial charge in [0.05, 0.1) is 16.9 Å². The van der Waals surface area contributed by atoms with E-state index in [1.807, 2.05) is 18.2 Å². The van der Waals surface area contributed by atoms with Crippen LogP contribution in [0.3, 0.4) is 0 Å². The summed E-state index contributed by atoms with van der Waals surface area (Å²) in [6.07, 6.45) is 3.21. The highest BCUT2D eigenvalue weighted by molar-refractivity contribution is 6.31. The monoisotopic (exact) mass is 387 g/mol. The molecule has 3 fully saturated rings. The molecule has 0 aromatic carbocycles. The molecule has 27 heavy (non-hydrogen) atoms. The molecule has 0 saturated carbocycles. The third kappa shape index (κ3) is 2.93. The Balaban J connectivity index is 1.45. The molecule has 9 heteroatoms. The quantitative estimate of drug-likeness (QED) is 0.592. The molecule has 8 nitrogen and oxygen atoms in total. The van der Waals surface area contributed by atoms with E-state index >= 15 is 0 Å². The molecule has 3 saturated heterocycles. The van der Waals surface area contributed by atoms with Crippen LogP contribution in [0.2, 0.25) is 5.15 Å². The molecule has 0 amide bonds. The van der Waals surface area contributed by atoms with Gasteiger partial charge in [-0.3, -0.25) is 4.68 Å². The van der Waals surface area contributed by atoms with Gasteiger partial charge in [-0.05, 0) is 37.1 Å². The molecule has 3 aromatic heterocycles. The fourth-order valence-electron chi connectivity index (χ4n) is 4.13. The van der Waals surface area contributed by atoms with Crippen LogP contribution in [0.5, 0.6) is 0 Å². The number of aliphatic hydroxyl groups is 1. The number of fused-ring (bicyclic) bond motifs is 4. The number of aliphatic hydroxyl groups excluding tert-OH is 1. The molecule has 3 aliphatic heterocycles. The topological polar surface area (TPSA) is 82.6 Å².